The Labute approximate surface area is 124 Å². The van der Waals surface area contributed by atoms with Crippen molar-refractivity contribution in [3.8, 4) is 5.75 Å². The lowest BCUT2D eigenvalue weighted by molar-refractivity contribution is 0.113. The zero-order chi connectivity index (χ0) is 14.8. The maximum Gasteiger partial charge on any atom is 0.127 e. The highest BCUT2D eigenvalue weighted by atomic mass is 19.1. The Morgan fingerprint density at radius 1 is 1.19 bits per heavy atom. The second kappa shape index (κ2) is 5.84. The highest BCUT2D eigenvalue weighted by Crippen LogP contribution is 2.32. The van der Waals surface area contributed by atoms with Gasteiger partial charge in [0.1, 0.15) is 18.2 Å². The number of nitrogens with two attached hydrogens (primary N) is 1. The third kappa shape index (κ3) is 2.77. The third-order valence-corrected chi connectivity index (χ3v) is 4.05. The van der Waals surface area contributed by atoms with Crippen LogP contribution in [0.1, 0.15) is 17.2 Å². The number of likely N-dealkylation sites (N-methyl/N-ethyl adjacent to an activating group) is 1. The van der Waals surface area contributed by atoms with E-state index < -0.39 is 0 Å². The second-order valence-electron chi connectivity index (χ2n) is 5.45. The molecule has 0 spiro atoms. The molecule has 3 rings (SSSR count). The van der Waals surface area contributed by atoms with Crippen LogP contribution in [-0.4, -0.2) is 24.6 Å². The fraction of sp³-hybridized carbons (Fsp3) is 0.294. The van der Waals surface area contributed by atoms with Crippen LogP contribution in [0, 0.1) is 5.82 Å². The summed E-state index contributed by atoms with van der Waals surface area (Å²) in [5.41, 5.74) is 8.05. The molecule has 2 atom stereocenters. The monoisotopic (exact) mass is 286 g/mol. The van der Waals surface area contributed by atoms with Gasteiger partial charge in [0.2, 0.25) is 0 Å². The number of benzene rings is 2. The fourth-order valence-electron chi connectivity index (χ4n) is 2.79. The van der Waals surface area contributed by atoms with Crippen molar-refractivity contribution in [3.05, 3.63) is 65.5 Å². The summed E-state index contributed by atoms with van der Waals surface area (Å²) in [6, 6.07) is 14.5. The van der Waals surface area contributed by atoms with E-state index in [9.17, 15) is 4.39 Å². The SMILES string of the molecule is CN(Cc1ccccc1F)C1COc2ccccc2C1N. The van der Waals surface area contributed by atoms with Crippen molar-refractivity contribution in [2.24, 2.45) is 5.73 Å². The molecule has 110 valence electrons. The standard InChI is InChI=1S/C17H19FN2O/c1-20(10-12-6-2-4-8-14(12)18)15-11-21-16-9-5-3-7-13(16)17(15)19/h2-9,15,17H,10-11,19H2,1H3. The molecule has 2 N–H and O–H groups in total. The van der Waals surface area contributed by atoms with Crippen LogP contribution < -0.4 is 10.5 Å². The van der Waals surface area contributed by atoms with Crippen LogP contribution in [0.2, 0.25) is 0 Å². The van der Waals surface area contributed by atoms with E-state index >= 15 is 0 Å². The summed E-state index contributed by atoms with van der Waals surface area (Å²) in [7, 11) is 1.95. The molecule has 2 unspecified atom stereocenters. The van der Waals surface area contributed by atoms with E-state index in [1.165, 1.54) is 6.07 Å². The Kier molecular flexibility index (Phi) is 3.90. The van der Waals surface area contributed by atoms with Gasteiger partial charge < -0.3 is 10.5 Å². The molecule has 0 amide bonds. The largest absolute Gasteiger partial charge is 0.492 e. The quantitative estimate of drug-likeness (QED) is 0.943. The van der Waals surface area contributed by atoms with Gasteiger partial charge in [0.25, 0.3) is 0 Å². The number of hydrogen-bond acceptors (Lipinski definition) is 3. The molecule has 1 aliphatic heterocycles. The van der Waals surface area contributed by atoms with Crippen LogP contribution in [0.15, 0.2) is 48.5 Å². The predicted molar refractivity (Wildman–Crippen MR) is 80.5 cm³/mol. The van der Waals surface area contributed by atoms with Gasteiger partial charge in [-0.25, -0.2) is 4.39 Å². The molecule has 0 saturated carbocycles. The van der Waals surface area contributed by atoms with Gasteiger partial charge in [0.05, 0.1) is 12.1 Å². The van der Waals surface area contributed by atoms with Gasteiger partial charge in [-0.2, -0.15) is 0 Å². The van der Waals surface area contributed by atoms with Crippen LogP contribution >= 0.6 is 0 Å². The van der Waals surface area contributed by atoms with E-state index in [-0.39, 0.29) is 17.9 Å². The van der Waals surface area contributed by atoms with Gasteiger partial charge in [-0.05, 0) is 19.2 Å². The second-order valence-corrected chi connectivity index (χ2v) is 5.45. The Balaban J connectivity index is 1.77. The van der Waals surface area contributed by atoms with Crippen molar-refractivity contribution in [2.45, 2.75) is 18.6 Å². The van der Waals surface area contributed by atoms with E-state index in [1.54, 1.807) is 12.1 Å². The predicted octanol–water partition coefficient (Wildman–Crippen LogP) is 2.72. The molecule has 0 aliphatic carbocycles. The summed E-state index contributed by atoms with van der Waals surface area (Å²) >= 11 is 0. The van der Waals surface area contributed by atoms with E-state index in [1.807, 2.05) is 37.4 Å². The zero-order valence-electron chi connectivity index (χ0n) is 12.0. The normalized spacial score (nSPS) is 21.0. The van der Waals surface area contributed by atoms with Crippen LogP contribution in [-0.2, 0) is 6.54 Å². The summed E-state index contributed by atoms with van der Waals surface area (Å²) in [5.74, 6) is 0.663. The molecule has 21 heavy (non-hydrogen) atoms. The van der Waals surface area contributed by atoms with Crippen molar-refractivity contribution in [2.75, 3.05) is 13.7 Å². The van der Waals surface area contributed by atoms with E-state index in [0.29, 0.717) is 18.7 Å². The molecular formula is C17H19FN2O. The summed E-state index contributed by atoms with van der Waals surface area (Å²) in [6.07, 6.45) is 0. The summed E-state index contributed by atoms with van der Waals surface area (Å²) in [4.78, 5) is 2.05. The molecule has 3 nitrogen and oxygen atoms in total. The molecule has 1 aliphatic rings. The third-order valence-electron chi connectivity index (χ3n) is 4.05. The summed E-state index contributed by atoms with van der Waals surface area (Å²) < 4.78 is 19.5. The van der Waals surface area contributed by atoms with Crippen molar-refractivity contribution in [1.82, 2.24) is 4.90 Å². The van der Waals surface area contributed by atoms with Gasteiger partial charge in [0.15, 0.2) is 0 Å². The van der Waals surface area contributed by atoms with Gasteiger partial charge in [0, 0.05) is 17.7 Å². The van der Waals surface area contributed by atoms with Crippen LogP contribution in [0.4, 0.5) is 4.39 Å². The Morgan fingerprint density at radius 3 is 2.71 bits per heavy atom. The minimum Gasteiger partial charge on any atom is -0.492 e. The number of rotatable bonds is 3. The first-order chi connectivity index (χ1) is 10.2. The van der Waals surface area contributed by atoms with Crippen LogP contribution in [0.25, 0.3) is 0 Å². The first-order valence-corrected chi connectivity index (χ1v) is 7.08. The maximum atomic E-state index is 13.8. The lowest BCUT2D eigenvalue weighted by Gasteiger charge is -2.37. The topological polar surface area (TPSA) is 38.5 Å². The lowest BCUT2D eigenvalue weighted by Crippen LogP contribution is -2.46. The smallest absolute Gasteiger partial charge is 0.127 e. The average Bonchev–Trinajstić information content (AvgIpc) is 2.50. The molecule has 4 heteroatoms. The van der Waals surface area contributed by atoms with Crippen molar-refractivity contribution >= 4 is 0 Å². The highest BCUT2D eigenvalue weighted by molar-refractivity contribution is 5.38. The van der Waals surface area contributed by atoms with Gasteiger partial charge in [-0.15, -0.1) is 0 Å². The molecule has 0 saturated heterocycles. The Bertz CT molecular complexity index is 632. The minimum absolute atomic E-state index is 0.0273. The Hall–Kier alpha value is -1.91. The number of para-hydroxylation sites is 1. The van der Waals surface area contributed by atoms with Crippen LogP contribution in [0.3, 0.4) is 0 Å². The molecule has 0 radical (unpaired) electrons. The molecule has 2 aromatic rings. The lowest BCUT2D eigenvalue weighted by atomic mass is 9.96. The minimum atomic E-state index is -0.185. The number of ether oxygens (including phenoxy) is 1. The molecule has 0 aromatic heterocycles. The van der Waals surface area contributed by atoms with Crippen molar-refractivity contribution in [3.63, 3.8) is 0 Å². The molecule has 1 heterocycles. The number of halogens is 1. The van der Waals surface area contributed by atoms with E-state index in [4.69, 9.17) is 10.5 Å². The summed E-state index contributed by atoms with van der Waals surface area (Å²) in [5, 5.41) is 0. The molecule has 2 aromatic carbocycles. The number of hydrogen-bond donors (Lipinski definition) is 1. The van der Waals surface area contributed by atoms with Crippen LogP contribution in [0.5, 0.6) is 5.75 Å². The van der Waals surface area contributed by atoms with Gasteiger partial charge in [-0.3, -0.25) is 4.90 Å². The van der Waals surface area contributed by atoms with Crippen molar-refractivity contribution < 1.29 is 9.13 Å². The van der Waals surface area contributed by atoms with Gasteiger partial charge in [-0.1, -0.05) is 36.4 Å². The number of nitrogens with zero attached hydrogens (tertiary/aromatic N) is 1. The Morgan fingerprint density at radius 2 is 1.90 bits per heavy atom. The number of fused-ring (bicyclic) bond motifs is 1. The fourth-order valence-corrected chi connectivity index (χ4v) is 2.79. The first kappa shape index (κ1) is 14.0. The summed E-state index contributed by atoms with van der Waals surface area (Å²) in [6.45, 7) is 1.03. The van der Waals surface area contributed by atoms with E-state index in [2.05, 4.69) is 4.90 Å². The first-order valence-electron chi connectivity index (χ1n) is 7.08. The molecule has 0 bridgehead atoms. The van der Waals surface area contributed by atoms with Crippen molar-refractivity contribution in [1.29, 1.82) is 0 Å². The zero-order valence-corrected chi connectivity index (χ0v) is 12.0. The maximum absolute atomic E-state index is 13.8. The molecular weight excluding hydrogens is 267 g/mol. The average molecular weight is 286 g/mol. The highest BCUT2D eigenvalue weighted by Gasteiger charge is 2.30. The van der Waals surface area contributed by atoms with Gasteiger partial charge >= 0.3 is 0 Å². The molecule has 0 fully saturated rings. The van der Waals surface area contributed by atoms with E-state index in [0.717, 1.165) is 11.3 Å².